The SMILES string of the molecule is COc1c(CCCCOc2c3c(cc(C(C)C)c2OC)OCO3)cc2c(c1OC)OCO2. The Balaban J connectivity index is 1.43. The van der Waals surface area contributed by atoms with E-state index in [4.69, 9.17) is 37.9 Å². The Morgan fingerprint density at radius 3 is 2.00 bits per heavy atom. The van der Waals surface area contributed by atoms with Crippen molar-refractivity contribution in [1.29, 1.82) is 0 Å². The van der Waals surface area contributed by atoms with E-state index in [9.17, 15) is 0 Å². The largest absolute Gasteiger partial charge is 0.492 e. The molecule has 0 bridgehead atoms. The highest BCUT2D eigenvalue weighted by Crippen LogP contribution is 2.51. The van der Waals surface area contributed by atoms with E-state index in [-0.39, 0.29) is 19.5 Å². The molecule has 0 amide bonds. The van der Waals surface area contributed by atoms with Gasteiger partial charge >= 0.3 is 0 Å². The van der Waals surface area contributed by atoms with Crippen LogP contribution in [0, 0.1) is 0 Å². The predicted octanol–water partition coefficient (Wildman–Crippen LogP) is 4.69. The van der Waals surface area contributed by atoms with E-state index in [1.54, 1.807) is 21.3 Å². The zero-order chi connectivity index (χ0) is 22.7. The lowest BCUT2D eigenvalue weighted by Gasteiger charge is -2.18. The number of fused-ring (bicyclic) bond motifs is 2. The minimum atomic E-state index is 0.180. The van der Waals surface area contributed by atoms with Gasteiger partial charge in [0, 0.05) is 11.1 Å². The Kier molecular flexibility index (Phi) is 6.58. The quantitative estimate of drug-likeness (QED) is 0.487. The van der Waals surface area contributed by atoms with Gasteiger partial charge in [0.25, 0.3) is 0 Å². The van der Waals surface area contributed by atoms with Crippen LogP contribution in [0.2, 0.25) is 0 Å². The molecule has 8 nitrogen and oxygen atoms in total. The van der Waals surface area contributed by atoms with Gasteiger partial charge in [0.2, 0.25) is 36.6 Å². The molecule has 0 aromatic heterocycles. The van der Waals surface area contributed by atoms with Gasteiger partial charge in [-0.05, 0) is 37.3 Å². The van der Waals surface area contributed by atoms with Gasteiger partial charge in [-0.2, -0.15) is 0 Å². The first-order valence-electron chi connectivity index (χ1n) is 10.8. The maximum absolute atomic E-state index is 6.14. The summed E-state index contributed by atoms with van der Waals surface area (Å²) in [7, 11) is 4.87. The summed E-state index contributed by atoms with van der Waals surface area (Å²) in [5.41, 5.74) is 2.04. The Morgan fingerprint density at radius 2 is 1.38 bits per heavy atom. The summed E-state index contributed by atoms with van der Waals surface area (Å²) in [5, 5.41) is 0. The van der Waals surface area contributed by atoms with Crippen molar-refractivity contribution >= 4 is 0 Å². The second kappa shape index (κ2) is 9.54. The molecule has 32 heavy (non-hydrogen) atoms. The molecule has 2 aliphatic rings. The highest BCUT2D eigenvalue weighted by molar-refractivity contribution is 5.65. The molecule has 0 saturated heterocycles. The number of hydrogen-bond acceptors (Lipinski definition) is 8. The van der Waals surface area contributed by atoms with E-state index in [0.717, 1.165) is 30.4 Å². The van der Waals surface area contributed by atoms with E-state index < -0.39 is 0 Å². The normalized spacial score (nSPS) is 13.4. The van der Waals surface area contributed by atoms with Crippen LogP contribution >= 0.6 is 0 Å². The van der Waals surface area contributed by atoms with E-state index >= 15 is 0 Å². The molecule has 174 valence electrons. The zero-order valence-electron chi connectivity index (χ0n) is 19.2. The van der Waals surface area contributed by atoms with Crippen LogP contribution in [0.5, 0.6) is 46.0 Å². The monoisotopic (exact) mass is 446 g/mol. The number of unbranched alkanes of at least 4 members (excludes halogenated alkanes) is 1. The molecule has 0 radical (unpaired) electrons. The zero-order valence-corrected chi connectivity index (χ0v) is 19.2. The number of benzene rings is 2. The summed E-state index contributed by atoms with van der Waals surface area (Å²) < 4.78 is 45.2. The Hall–Kier alpha value is -3.16. The lowest BCUT2D eigenvalue weighted by atomic mass is 10.0. The smallest absolute Gasteiger partial charge is 0.231 e. The maximum atomic E-state index is 6.14. The number of ether oxygens (including phenoxy) is 8. The molecule has 0 N–H and O–H groups in total. The average molecular weight is 446 g/mol. The van der Waals surface area contributed by atoms with Crippen LogP contribution < -0.4 is 37.9 Å². The summed E-state index contributed by atoms with van der Waals surface area (Å²) in [5.74, 6) is 5.37. The van der Waals surface area contributed by atoms with Crippen molar-refractivity contribution in [3.05, 3.63) is 23.3 Å². The Labute approximate surface area is 188 Å². The fourth-order valence-electron chi connectivity index (χ4n) is 4.02. The number of hydrogen-bond donors (Lipinski definition) is 0. The molecule has 0 unspecified atom stereocenters. The average Bonchev–Trinajstić information content (AvgIpc) is 3.46. The lowest BCUT2D eigenvalue weighted by Crippen LogP contribution is -2.04. The maximum Gasteiger partial charge on any atom is 0.231 e. The second-order valence-electron chi connectivity index (χ2n) is 7.86. The van der Waals surface area contributed by atoms with Gasteiger partial charge in [0.1, 0.15) is 0 Å². The van der Waals surface area contributed by atoms with Crippen LogP contribution in [0.25, 0.3) is 0 Å². The third-order valence-electron chi connectivity index (χ3n) is 5.57. The van der Waals surface area contributed by atoms with Crippen molar-refractivity contribution in [2.75, 3.05) is 41.5 Å². The Bertz CT molecular complexity index is 969. The topological polar surface area (TPSA) is 73.8 Å². The summed E-state index contributed by atoms with van der Waals surface area (Å²) in [6, 6.07) is 3.93. The molecule has 0 spiro atoms. The van der Waals surface area contributed by atoms with Crippen LogP contribution in [0.4, 0.5) is 0 Å². The van der Waals surface area contributed by atoms with Crippen molar-refractivity contribution in [3.63, 3.8) is 0 Å². The highest BCUT2D eigenvalue weighted by Gasteiger charge is 2.28. The standard InChI is InChI=1S/C24H30O8/c1-14(2)16-11-18-22(32-13-30-18)24(20(16)26-4)28-9-7-6-8-15-10-17-21(31-12-29-17)23(27-5)19(15)25-3/h10-11,14H,6-9,12-13H2,1-5H3. The molecule has 8 heteroatoms. The second-order valence-corrected chi connectivity index (χ2v) is 7.86. The summed E-state index contributed by atoms with van der Waals surface area (Å²) in [6.45, 7) is 5.09. The van der Waals surface area contributed by atoms with Crippen LogP contribution in [0.3, 0.4) is 0 Å². The summed E-state index contributed by atoms with van der Waals surface area (Å²) >= 11 is 0. The summed E-state index contributed by atoms with van der Waals surface area (Å²) in [6.07, 6.45) is 2.48. The van der Waals surface area contributed by atoms with Gasteiger partial charge in [-0.3, -0.25) is 0 Å². The fraction of sp³-hybridized carbons (Fsp3) is 0.500. The van der Waals surface area contributed by atoms with Crippen LogP contribution in [-0.2, 0) is 6.42 Å². The van der Waals surface area contributed by atoms with Gasteiger partial charge in [0.15, 0.2) is 23.0 Å². The molecule has 2 heterocycles. The first-order valence-corrected chi connectivity index (χ1v) is 10.8. The summed E-state index contributed by atoms with van der Waals surface area (Å²) in [4.78, 5) is 0. The number of rotatable bonds is 10. The predicted molar refractivity (Wildman–Crippen MR) is 117 cm³/mol. The van der Waals surface area contributed by atoms with Crippen LogP contribution in [-0.4, -0.2) is 41.5 Å². The van der Waals surface area contributed by atoms with Crippen molar-refractivity contribution in [2.45, 2.75) is 39.0 Å². The van der Waals surface area contributed by atoms with Gasteiger partial charge < -0.3 is 37.9 Å². The molecular weight excluding hydrogens is 416 g/mol. The first kappa shape index (κ1) is 22.0. The minimum absolute atomic E-state index is 0.180. The molecule has 4 rings (SSSR count). The van der Waals surface area contributed by atoms with Gasteiger partial charge in [-0.15, -0.1) is 0 Å². The fourth-order valence-corrected chi connectivity index (χ4v) is 4.02. The van der Waals surface area contributed by atoms with Crippen LogP contribution in [0.1, 0.15) is 43.7 Å². The van der Waals surface area contributed by atoms with Crippen molar-refractivity contribution in [2.24, 2.45) is 0 Å². The lowest BCUT2D eigenvalue weighted by molar-refractivity contribution is 0.168. The minimum Gasteiger partial charge on any atom is -0.492 e. The molecule has 2 aromatic carbocycles. The van der Waals surface area contributed by atoms with E-state index in [1.165, 1.54) is 0 Å². The number of aryl methyl sites for hydroxylation is 1. The molecule has 0 fully saturated rings. The number of methoxy groups -OCH3 is 3. The third-order valence-corrected chi connectivity index (χ3v) is 5.57. The van der Waals surface area contributed by atoms with Gasteiger partial charge in [-0.1, -0.05) is 13.8 Å². The van der Waals surface area contributed by atoms with Crippen LogP contribution in [0.15, 0.2) is 12.1 Å². The highest BCUT2D eigenvalue weighted by atomic mass is 16.7. The Morgan fingerprint density at radius 1 is 0.750 bits per heavy atom. The van der Waals surface area contributed by atoms with Crippen molar-refractivity contribution < 1.29 is 37.9 Å². The van der Waals surface area contributed by atoms with Crippen molar-refractivity contribution in [1.82, 2.24) is 0 Å². The molecule has 0 saturated carbocycles. The van der Waals surface area contributed by atoms with E-state index in [2.05, 4.69) is 13.8 Å². The molecule has 0 atom stereocenters. The van der Waals surface area contributed by atoms with E-state index in [1.807, 2.05) is 12.1 Å². The van der Waals surface area contributed by atoms with Crippen molar-refractivity contribution in [3.8, 4) is 46.0 Å². The molecule has 2 aromatic rings. The first-order chi connectivity index (χ1) is 15.6. The van der Waals surface area contributed by atoms with Gasteiger partial charge in [-0.25, -0.2) is 0 Å². The van der Waals surface area contributed by atoms with E-state index in [0.29, 0.717) is 52.6 Å². The molecule has 2 aliphatic heterocycles. The molecular formula is C24H30O8. The third kappa shape index (κ3) is 4.01. The molecule has 0 aliphatic carbocycles. The van der Waals surface area contributed by atoms with Gasteiger partial charge in [0.05, 0.1) is 27.9 Å².